The zero-order chi connectivity index (χ0) is 14.4. The Kier molecular flexibility index (Phi) is 2.83. The first kappa shape index (κ1) is 12.9. The summed E-state index contributed by atoms with van der Waals surface area (Å²) in [4.78, 5) is 11.5. The van der Waals surface area contributed by atoms with E-state index in [1.807, 2.05) is 30.3 Å². The van der Waals surface area contributed by atoms with Gasteiger partial charge in [-0.25, -0.2) is 0 Å². The Morgan fingerprint density at radius 2 is 1.95 bits per heavy atom. The molecule has 0 fully saturated rings. The Morgan fingerprint density at radius 1 is 1.14 bits per heavy atom. The van der Waals surface area contributed by atoms with Crippen molar-refractivity contribution < 1.29 is 4.79 Å². The van der Waals surface area contributed by atoms with Crippen molar-refractivity contribution in [1.82, 2.24) is 5.43 Å². The second-order valence-electron chi connectivity index (χ2n) is 4.82. The Bertz CT molecular complexity index is 768. The molecule has 0 saturated carbocycles. The summed E-state index contributed by atoms with van der Waals surface area (Å²) in [7, 11) is 0. The molecule has 2 aliphatic heterocycles. The van der Waals surface area contributed by atoms with Crippen LogP contribution in [-0.2, 0) is 9.67 Å². The van der Waals surface area contributed by atoms with E-state index in [9.17, 15) is 4.79 Å². The molecular formula is C15H10BrN3OS. The fraction of sp³-hybridized carbons (Fsp3) is 0.0667. The number of halogens is 1. The van der Waals surface area contributed by atoms with Crippen LogP contribution < -0.4 is 10.7 Å². The number of thioether (sulfide) groups is 1. The van der Waals surface area contributed by atoms with Crippen LogP contribution in [-0.4, -0.2) is 11.5 Å². The molecule has 2 N–H and O–H groups in total. The summed E-state index contributed by atoms with van der Waals surface area (Å²) >= 11 is 5.06. The molecular weight excluding hydrogens is 350 g/mol. The lowest BCUT2D eigenvalue weighted by molar-refractivity contribution is -0.118. The molecule has 0 saturated heterocycles. The van der Waals surface area contributed by atoms with Gasteiger partial charge in [0.25, 0.3) is 5.91 Å². The Morgan fingerprint density at radius 3 is 2.67 bits per heavy atom. The molecule has 0 bridgehead atoms. The number of carbonyl (C=O) groups excluding carboxylic acids is 1. The molecule has 4 nitrogen and oxygen atoms in total. The van der Waals surface area contributed by atoms with Gasteiger partial charge in [-0.3, -0.25) is 10.2 Å². The lowest BCUT2D eigenvalue weighted by Crippen LogP contribution is -2.39. The molecule has 0 aliphatic carbocycles. The second-order valence-corrected chi connectivity index (χ2v) is 6.67. The van der Waals surface area contributed by atoms with Crippen LogP contribution >= 0.6 is 27.7 Å². The normalized spacial score (nSPS) is 22.2. The topological polar surface area (TPSA) is 53.5 Å². The lowest BCUT2D eigenvalue weighted by atomic mass is 9.99. The summed E-state index contributed by atoms with van der Waals surface area (Å²) in [5, 5.41) is 6.94. The van der Waals surface area contributed by atoms with Crippen LogP contribution in [0.25, 0.3) is 11.1 Å². The van der Waals surface area contributed by atoms with Gasteiger partial charge in [-0.15, -0.1) is 0 Å². The van der Waals surface area contributed by atoms with E-state index in [1.54, 1.807) is 5.55 Å². The zero-order valence-corrected chi connectivity index (χ0v) is 13.2. The first-order valence-corrected chi connectivity index (χ1v) is 8.06. The first-order chi connectivity index (χ1) is 10.2. The molecule has 2 aromatic rings. The number of hydrazone groups is 1. The Labute approximate surface area is 134 Å². The zero-order valence-electron chi connectivity index (χ0n) is 10.8. The monoisotopic (exact) mass is 359 g/mol. The smallest absolute Gasteiger partial charge is 0.267 e. The molecule has 6 heteroatoms. The number of nitrogens with zero attached hydrogens (tertiary/aromatic N) is 1. The van der Waals surface area contributed by atoms with Gasteiger partial charge in [0.2, 0.25) is 4.87 Å². The van der Waals surface area contributed by atoms with E-state index in [-0.39, 0.29) is 5.91 Å². The number of amides is 1. The van der Waals surface area contributed by atoms with Crippen molar-refractivity contribution in [2.75, 3.05) is 5.32 Å². The maximum atomic E-state index is 12.4. The number of benzene rings is 2. The van der Waals surface area contributed by atoms with Crippen molar-refractivity contribution in [3.63, 3.8) is 0 Å². The van der Waals surface area contributed by atoms with Crippen LogP contribution in [0.4, 0.5) is 5.69 Å². The van der Waals surface area contributed by atoms with Crippen molar-refractivity contribution in [3.05, 3.63) is 52.5 Å². The highest BCUT2D eigenvalue weighted by Crippen LogP contribution is 2.50. The third-order valence-electron chi connectivity index (χ3n) is 3.65. The summed E-state index contributed by atoms with van der Waals surface area (Å²) in [5.41, 5.74) is 8.48. The summed E-state index contributed by atoms with van der Waals surface area (Å²) in [6.07, 6.45) is 0. The SMILES string of the molecule is O=C1Nc2ccc(-c3ccccc3)c(Br)c2C12NN=CS2. The van der Waals surface area contributed by atoms with Gasteiger partial charge >= 0.3 is 0 Å². The van der Waals surface area contributed by atoms with Crippen LogP contribution in [0.2, 0.25) is 0 Å². The van der Waals surface area contributed by atoms with E-state index in [0.717, 1.165) is 26.9 Å². The highest BCUT2D eigenvalue weighted by Gasteiger charge is 2.51. The molecule has 2 heterocycles. The predicted molar refractivity (Wildman–Crippen MR) is 89.1 cm³/mol. The highest BCUT2D eigenvalue weighted by molar-refractivity contribution is 9.10. The molecule has 1 atom stereocenters. The van der Waals surface area contributed by atoms with Crippen LogP contribution in [0.3, 0.4) is 0 Å². The fourth-order valence-electron chi connectivity index (χ4n) is 2.66. The van der Waals surface area contributed by atoms with Gasteiger partial charge in [0, 0.05) is 15.7 Å². The summed E-state index contributed by atoms with van der Waals surface area (Å²) in [6.45, 7) is 0. The molecule has 1 spiro atoms. The van der Waals surface area contributed by atoms with Crippen molar-refractivity contribution in [3.8, 4) is 11.1 Å². The average molecular weight is 360 g/mol. The quantitative estimate of drug-likeness (QED) is 0.819. The average Bonchev–Trinajstić information content (AvgIpc) is 3.08. The minimum Gasteiger partial charge on any atom is -0.322 e. The summed E-state index contributed by atoms with van der Waals surface area (Å²) in [6, 6.07) is 14.0. The molecule has 1 amide bonds. The van der Waals surface area contributed by atoms with Gasteiger partial charge in [-0.05, 0) is 33.1 Å². The Hall–Kier alpha value is -1.79. The van der Waals surface area contributed by atoms with Crippen molar-refractivity contribution >= 4 is 44.8 Å². The van der Waals surface area contributed by atoms with E-state index in [0.29, 0.717) is 0 Å². The second kappa shape index (κ2) is 4.61. The molecule has 2 aromatic carbocycles. The summed E-state index contributed by atoms with van der Waals surface area (Å²) in [5.74, 6) is -0.0917. The van der Waals surface area contributed by atoms with Crippen LogP contribution in [0, 0.1) is 0 Å². The van der Waals surface area contributed by atoms with Crippen LogP contribution in [0.5, 0.6) is 0 Å². The number of fused-ring (bicyclic) bond motifs is 2. The van der Waals surface area contributed by atoms with Gasteiger partial charge in [-0.2, -0.15) is 5.10 Å². The van der Waals surface area contributed by atoms with E-state index < -0.39 is 4.87 Å². The van der Waals surface area contributed by atoms with Crippen LogP contribution in [0.1, 0.15) is 5.56 Å². The van der Waals surface area contributed by atoms with E-state index in [1.165, 1.54) is 11.8 Å². The van der Waals surface area contributed by atoms with Gasteiger partial charge in [0.05, 0.1) is 5.55 Å². The van der Waals surface area contributed by atoms with Gasteiger partial charge in [-0.1, -0.05) is 48.2 Å². The third kappa shape index (κ3) is 1.76. The van der Waals surface area contributed by atoms with Crippen molar-refractivity contribution in [2.24, 2.45) is 5.10 Å². The molecule has 0 radical (unpaired) electrons. The minimum atomic E-state index is -0.862. The molecule has 104 valence electrons. The lowest BCUT2D eigenvalue weighted by Gasteiger charge is -2.21. The number of carbonyl (C=O) groups is 1. The molecule has 2 aliphatic rings. The molecule has 0 aromatic heterocycles. The maximum absolute atomic E-state index is 12.4. The van der Waals surface area contributed by atoms with Crippen LogP contribution in [0.15, 0.2) is 52.0 Å². The van der Waals surface area contributed by atoms with Gasteiger partial charge in [0.1, 0.15) is 0 Å². The minimum absolute atomic E-state index is 0.0917. The van der Waals surface area contributed by atoms with Crippen molar-refractivity contribution in [2.45, 2.75) is 4.87 Å². The predicted octanol–water partition coefficient (Wildman–Crippen LogP) is 3.50. The van der Waals surface area contributed by atoms with E-state index in [4.69, 9.17) is 0 Å². The van der Waals surface area contributed by atoms with Crippen molar-refractivity contribution in [1.29, 1.82) is 0 Å². The number of rotatable bonds is 1. The first-order valence-electron chi connectivity index (χ1n) is 6.39. The maximum Gasteiger partial charge on any atom is 0.267 e. The van der Waals surface area contributed by atoms with E-state index >= 15 is 0 Å². The third-order valence-corrected chi connectivity index (χ3v) is 5.52. The number of nitrogens with one attached hydrogen (secondary N) is 2. The fourth-order valence-corrected chi connectivity index (χ4v) is 4.52. The summed E-state index contributed by atoms with van der Waals surface area (Å²) < 4.78 is 0.912. The van der Waals surface area contributed by atoms with E-state index in [2.05, 4.69) is 43.9 Å². The molecule has 21 heavy (non-hydrogen) atoms. The highest BCUT2D eigenvalue weighted by atomic mass is 79.9. The van der Waals surface area contributed by atoms with Gasteiger partial charge < -0.3 is 5.32 Å². The number of anilines is 1. The van der Waals surface area contributed by atoms with Gasteiger partial charge in [0.15, 0.2) is 0 Å². The Balaban J connectivity index is 1.94. The number of hydrogen-bond donors (Lipinski definition) is 2. The molecule has 4 rings (SSSR count). The standard InChI is InChI=1S/C15H10BrN3OS/c16-13-10(9-4-2-1-3-5-9)6-7-11-12(13)15(14(20)18-11)19-17-8-21-15/h1-8,19H,(H,18,20). The largest absolute Gasteiger partial charge is 0.322 e. The number of hydrogen-bond acceptors (Lipinski definition) is 4. The molecule has 1 unspecified atom stereocenters.